The van der Waals surface area contributed by atoms with Gasteiger partial charge in [0, 0.05) is 0 Å². The molecule has 6 nitrogen and oxygen atoms in total. The van der Waals surface area contributed by atoms with Gasteiger partial charge in [-0.3, -0.25) is 0 Å². The van der Waals surface area contributed by atoms with Crippen molar-refractivity contribution in [2.24, 2.45) is 0 Å². The highest BCUT2D eigenvalue weighted by atomic mass is 19.2. The largest absolute Gasteiger partial charge is 0.494 e. The molecule has 6 aromatic rings. The van der Waals surface area contributed by atoms with Crippen LogP contribution in [-0.2, 0) is 0 Å². The van der Waals surface area contributed by atoms with Gasteiger partial charge in [0.1, 0.15) is 11.5 Å². The summed E-state index contributed by atoms with van der Waals surface area (Å²) >= 11 is 0. The Morgan fingerprint density at radius 3 is 0.794 bits per heavy atom. The molecule has 0 saturated carbocycles. The molecule has 14 heteroatoms. The van der Waals surface area contributed by atoms with E-state index in [0.29, 0.717) is 61.5 Å². The summed E-state index contributed by atoms with van der Waals surface area (Å²) in [5.41, 5.74) is 1.15. The maximum atomic E-state index is 15.2. The van der Waals surface area contributed by atoms with Gasteiger partial charge in [-0.15, -0.1) is 0 Å². The second-order valence-corrected chi connectivity index (χ2v) is 16.0. The smallest absolute Gasteiger partial charge is 0.204 e. The number of halogens is 8. The van der Waals surface area contributed by atoms with Crippen LogP contribution in [0.15, 0.2) is 97.1 Å². The number of nitrogens with zero attached hydrogens (tertiary/aromatic N) is 2. The Morgan fingerprint density at radius 1 is 0.294 bits per heavy atom. The van der Waals surface area contributed by atoms with Gasteiger partial charge in [-0.1, -0.05) is 99.9 Å². The zero-order valence-corrected chi connectivity index (χ0v) is 37.1. The van der Waals surface area contributed by atoms with E-state index < -0.39 is 69.2 Å². The van der Waals surface area contributed by atoms with Crippen LogP contribution < -0.4 is 18.9 Å². The van der Waals surface area contributed by atoms with Crippen molar-refractivity contribution in [2.75, 3.05) is 26.4 Å². The van der Waals surface area contributed by atoms with Gasteiger partial charge in [0.05, 0.1) is 60.8 Å². The van der Waals surface area contributed by atoms with Crippen LogP contribution in [0.2, 0.25) is 0 Å². The van der Waals surface area contributed by atoms with Crippen LogP contribution >= 0.6 is 0 Å². The minimum Gasteiger partial charge on any atom is -0.494 e. The molecule has 0 N–H and O–H groups in total. The Morgan fingerprint density at radius 2 is 0.529 bits per heavy atom. The topological polar surface area (TPSA) is 84.5 Å². The third-order valence-electron chi connectivity index (χ3n) is 11.2. The Labute approximate surface area is 390 Å². The fourth-order valence-electron chi connectivity index (χ4n) is 7.43. The highest BCUT2D eigenvalue weighted by Crippen LogP contribution is 2.42. The van der Waals surface area contributed by atoms with Crippen molar-refractivity contribution in [2.45, 2.75) is 77.0 Å². The maximum absolute atomic E-state index is 15.2. The quantitative estimate of drug-likeness (QED) is 0.0323. The van der Waals surface area contributed by atoms with Gasteiger partial charge >= 0.3 is 0 Å². The van der Waals surface area contributed by atoms with Crippen molar-refractivity contribution in [3.05, 3.63) is 155 Å². The zero-order chi connectivity index (χ0) is 48.4. The number of ether oxygens (including phenoxy) is 4. The second-order valence-electron chi connectivity index (χ2n) is 16.0. The first-order valence-corrected chi connectivity index (χ1v) is 22.5. The molecule has 0 heterocycles. The van der Waals surface area contributed by atoms with E-state index in [2.05, 4.69) is 12.1 Å². The maximum Gasteiger partial charge on any atom is 0.204 e. The fraction of sp³-hybridized carbons (Fsp3) is 0.296. The summed E-state index contributed by atoms with van der Waals surface area (Å²) in [7, 11) is 0. The molecule has 0 radical (unpaired) electrons. The number of nitriles is 2. The number of hydrogen-bond acceptors (Lipinski definition) is 6. The summed E-state index contributed by atoms with van der Waals surface area (Å²) in [6.07, 6.45) is 7.81. The van der Waals surface area contributed by atoms with Crippen molar-refractivity contribution in [1.82, 2.24) is 0 Å². The molecule has 0 bridgehead atoms. The van der Waals surface area contributed by atoms with Gasteiger partial charge in [0.2, 0.25) is 23.3 Å². The molecule has 0 unspecified atom stereocenters. The van der Waals surface area contributed by atoms with Crippen molar-refractivity contribution < 1.29 is 54.1 Å². The van der Waals surface area contributed by atoms with Crippen molar-refractivity contribution >= 4 is 0 Å². The number of rotatable bonds is 25. The van der Waals surface area contributed by atoms with E-state index in [0.717, 1.165) is 60.8 Å². The molecular weight excluding hydrogens is 893 g/mol. The second kappa shape index (κ2) is 25.2. The number of benzene rings is 6. The lowest BCUT2D eigenvalue weighted by atomic mass is 10.0. The molecule has 0 aromatic heterocycles. The van der Waals surface area contributed by atoms with E-state index in [1.807, 2.05) is 72.8 Å². The van der Waals surface area contributed by atoms with Gasteiger partial charge in [-0.2, -0.15) is 28.1 Å². The van der Waals surface area contributed by atoms with Crippen LogP contribution in [0.3, 0.4) is 0 Å². The summed E-state index contributed by atoms with van der Waals surface area (Å²) in [6.45, 7) is 0.275. The highest BCUT2D eigenvalue weighted by molar-refractivity contribution is 5.70. The molecule has 0 aliphatic rings. The molecule has 0 atom stereocenters. The van der Waals surface area contributed by atoms with Gasteiger partial charge in [0.25, 0.3) is 0 Å². The average Bonchev–Trinajstić information content (AvgIpc) is 3.37. The SMILES string of the molecule is N#Cc1ccc(-c2ccc(OCCCCCCCCOc3c(F)c(F)c(-c4c(F)c(F)c(OCCCCCCCCOc5ccc(-c6ccc(C#N)cc6)cc5)c(F)c4F)c(F)c3F)cc2)cc1. The van der Waals surface area contributed by atoms with Crippen LogP contribution in [0.25, 0.3) is 33.4 Å². The standard InChI is InChI=1S/C54H48F8N2O4/c55-45-43(46(56)50(60)53(49(45)59)67-31-11-7-3-1-5-9-29-65-41-25-21-39(22-26-41)37-17-13-35(33-63)14-18-37)44-47(57)51(61)54(52(62)48(44)58)68-32-12-8-4-2-6-10-30-66-42-27-23-40(24-28-42)38-19-15-36(34-64)16-20-38/h13-28H,1-12,29-32H2. The molecule has 6 rings (SSSR count). The highest BCUT2D eigenvalue weighted by Gasteiger charge is 2.35. The Balaban J connectivity index is 0.874. The van der Waals surface area contributed by atoms with Crippen LogP contribution in [0.4, 0.5) is 35.1 Å². The lowest BCUT2D eigenvalue weighted by Gasteiger charge is -2.16. The van der Waals surface area contributed by atoms with Crippen LogP contribution in [0, 0.1) is 69.2 Å². The predicted octanol–water partition coefficient (Wildman–Crippen LogP) is 15.1. The Bertz CT molecular complexity index is 2440. The lowest BCUT2D eigenvalue weighted by Crippen LogP contribution is -2.11. The van der Waals surface area contributed by atoms with Crippen molar-refractivity contribution in [1.29, 1.82) is 10.5 Å². The first kappa shape index (κ1) is 50.4. The van der Waals surface area contributed by atoms with Crippen LogP contribution in [0.5, 0.6) is 23.0 Å². The molecule has 0 aliphatic carbocycles. The van der Waals surface area contributed by atoms with E-state index >= 15 is 35.1 Å². The molecule has 6 aromatic carbocycles. The van der Waals surface area contributed by atoms with Gasteiger partial charge in [-0.25, -0.2) is 17.6 Å². The summed E-state index contributed by atoms with van der Waals surface area (Å²) in [4.78, 5) is 0. The molecule has 68 heavy (non-hydrogen) atoms. The van der Waals surface area contributed by atoms with Crippen LogP contribution in [-0.4, -0.2) is 26.4 Å². The molecule has 0 aliphatic heterocycles. The lowest BCUT2D eigenvalue weighted by molar-refractivity contribution is 0.261. The third kappa shape index (κ3) is 13.1. The first-order valence-electron chi connectivity index (χ1n) is 22.5. The average molecular weight is 941 g/mol. The van der Waals surface area contributed by atoms with E-state index in [9.17, 15) is 0 Å². The van der Waals surface area contributed by atoms with Gasteiger partial charge < -0.3 is 18.9 Å². The van der Waals surface area contributed by atoms with Gasteiger partial charge in [0.15, 0.2) is 34.8 Å². The summed E-state index contributed by atoms with van der Waals surface area (Å²) in [5, 5.41) is 17.9. The van der Waals surface area contributed by atoms with E-state index in [-0.39, 0.29) is 26.1 Å². The minimum absolute atomic E-state index is 0.253. The minimum atomic E-state index is -2.30. The summed E-state index contributed by atoms with van der Waals surface area (Å²) in [5.74, 6) is -19.2. The van der Waals surface area contributed by atoms with Crippen molar-refractivity contribution in [3.63, 3.8) is 0 Å². The van der Waals surface area contributed by atoms with E-state index in [1.54, 1.807) is 24.3 Å². The first-order chi connectivity index (χ1) is 33.0. The fourth-order valence-corrected chi connectivity index (χ4v) is 7.43. The monoisotopic (exact) mass is 940 g/mol. The third-order valence-corrected chi connectivity index (χ3v) is 11.2. The molecule has 0 saturated heterocycles. The van der Waals surface area contributed by atoms with E-state index in [4.69, 9.17) is 29.5 Å². The number of unbranched alkanes of at least 4 members (excludes halogenated alkanes) is 10. The predicted molar refractivity (Wildman–Crippen MR) is 242 cm³/mol. The van der Waals surface area contributed by atoms with Gasteiger partial charge in [-0.05, 0) is 96.5 Å². The summed E-state index contributed by atoms with van der Waals surface area (Å²) < 4.78 is 142. The number of hydrogen-bond donors (Lipinski definition) is 0. The molecular formula is C54H48F8N2O4. The Kier molecular flexibility index (Phi) is 18.6. The zero-order valence-electron chi connectivity index (χ0n) is 37.1. The molecule has 0 fully saturated rings. The van der Waals surface area contributed by atoms with Crippen molar-refractivity contribution in [3.8, 4) is 68.5 Å². The molecule has 0 amide bonds. The molecule has 0 spiro atoms. The Hall–Kier alpha value is -7.06. The molecule has 354 valence electrons. The normalized spacial score (nSPS) is 11.0. The van der Waals surface area contributed by atoms with Crippen LogP contribution in [0.1, 0.15) is 88.2 Å². The summed E-state index contributed by atoms with van der Waals surface area (Å²) in [6, 6.07) is 33.9. The van der Waals surface area contributed by atoms with E-state index in [1.165, 1.54) is 0 Å².